The van der Waals surface area contributed by atoms with Crippen molar-refractivity contribution in [2.24, 2.45) is 0 Å². The minimum atomic E-state index is -0.365. The molecule has 37 heavy (non-hydrogen) atoms. The van der Waals surface area contributed by atoms with Crippen molar-refractivity contribution in [3.05, 3.63) is 83.4 Å². The molecule has 0 unspecified atom stereocenters. The van der Waals surface area contributed by atoms with Crippen LogP contribution in [0.4, 0.5) is 0 Å². The summed E-state index contributed by atoms with van der Waals surface area (Å²) < 4.78 is 0. The number of hydrogen-bond donors (Lipinski definition) is 1. The molecule has 0 aliphatic heterocycles. The topological polar surface area (TPSA) is 45.7 Å². The van der Waals surface area contributed by atoms with Gasteiger partial charge in [-0.1, -0.05) is 129 Å². The van der Waals surface area contributed by atoms with Crippen molar-refractivity contribution in [3.8, 4) is 23.7 Å². The highest BCUT2D eigenvalue weighted by atomic mass is 16.7. The second kappa shape index (κ2) is 17.0. The number of quaternary nitrogens is 1. The summed E-state index contributed by atoms with van der Waals surface area (Å²) in [5.74, 6) is 11.7. The lowest BCUT2D eigenvalue weighted by atomic mass is 10.1. The fraction of sp³-hybridized carbons (Fsp3) is 0.382. The maximum atomic E-state index is 12.4. The van der Waals surface area contributed by atoms with Gasteiger partial charge in [0.1, 0.15) is 5.56 Å². The number of carbonyl (C=O) groups is 1. The van der Waals surface area contributed by atoms with Crippen LogP contribution >= 0.6 is 0 Å². The van der Waals surface area contributed by atoms with Crippen molar-refractivity contribution >= 4 is 16.7 Å². The zero-order valence-corrected chi connectivity index (χ0v) is 22.2. The first-order chi connectivity index (χ1) is 18.3. The second-order valence-corrected chi connectivity index (χ2v) is 9.48. The third-order valence-electron chi connectivity index (χ3n) is 6.51. The van der Waals surface area contributed by atoms with Crippen LogP contribution in [0.5, 0.6) is 0 Å². The first kappa shape index (κ1) is 28.0. The molecular formula is C34H40NO2+2. The van der Waals surface area contributed by atoms with Crippen LogP contribution in [0.3, 0.4) is 0 Å². The molecule has 0 bridgehead atoms. The number of benzene rings is 3. The van der Waals surface area contributed by atoms with Crippen LogP contribution in [0.1, 0.15) is 99.0 Å². The number of fused-ring (bicyclic) bond motifs is 1. The predicted octanol–water partition coefficient (Wildman–Crippen LogP) is 7.34. The van der Waals surface area contributed by atoms with Gasteiger partial charge in [-0.15, -0.1) is 0 Å². The summed E-state index contributed by atoms with van der Waals surface area (Å²) in [5.41, 5.74) is 4.05. The van der Waals surface area contributed by atoms with E-state index in [0.717, 1.165) is 24.0 Å². The van der Waals surface area contributed by atoms with Crippen LogP contribution in [-0.2, 0) is 11.4 Å². The Morgan fingerprint density at radius 3 is 2.19 bits per heavy atom. The summed E-state index contributed by atoms with van der Waals surface area (Å²) in [6, 6.07) is 21.5. The van der Waals surface area contributed by atoms with Crippen LogP contribution in [0, 0.1) is 23.7 Å². The summed E-state index contributed by atoms with van der Waals surface area (Å²) in [6.45, 7) is 2.83. The average Bonchev–Trinajstić information content (AvgIpc) is 2.93. The lowest BCUT2D eigenvalue weighted by Crippen LogP contribution is -2.82. The molecule has 3 nitrogen and oxygen atoms in total. The van der Waals surface area contributed by atoms with Gasteiger partial charge >= 0.3 is 5.97 Å². The second-order valence-electron chi connectivity index (χ2n) is 9.48. The van der Waals surface area contributed by atoms with E-state index in [1.54, 1.807) is 17.6 Å². The van der Waals surface area contributed by atoms with Crippen molar-refractivity contribution in [2.45, 2.75) is 84.1 Å². The van der Waals surface area contributed by atoms with Crippen molar-refractivity contribution in [3.63, 3.8) is 0 Å². The molecule has 0 fully saturated rings. The van der Waals surface area contributed by atoms with Crippen LogP contribution in [0.15, 0.2) is 66.7 Å². The Kier molecular flexibility index (Phi) is 12.9. The zero-order chi connectivity index (χ0) is 26.0. The molecule has 3 rings (SSSR count). The van der Waals surface area contributed by atoms with E-state index in [1.807, 2.05) is 30.3 Å². The number of nitrogens with two attached hydrogens (primary N) is 1. The SMILES string of the molecule is CCCCCCCCCCCCC#CC#Cc1ccc(C(=[O+])O[NH2+]Cc2cccc3ccccc23)cc1. The van der Waals surface area contributed by atoms with Crippen LogP contribution in [-0.4, -0.2) is 5.97 Å². The summed E-state index contributed by atoms with van der Waals surface area (Å²) in [4.78, 5) is 17.8. The highest BCUT2D eigenvalue weighted by Crippen LogP contribution is 2.17. The van der Waals surface area contributed by atoms with E-state index in [1.165, 1.54) is 68.6 Å². The molecule has 3 aromatic carbocycles. The first-order valence-corrected chi connectivity index (χ1v) is 13.9. The van der Waals surface area contributed by atoms with Gasteiger partial charge in [0.25, 0.3) is 0 Å². The van der Waals surface area contributed by atoms with E-state index < -0.39 is 0 Å². The first-order valence-electron chi connectivity index (χ1n) is 13.9. The zero-order valence-electron chi connectivity index (χ0n) is 22.2. The van der Waals surface area contributed by atoms with Gasteiger partial charge in [-0.3, -0.25) is 0 Å². The molecule has 0 aromatic heterocycles. The molecule has 0 spiro atoms. The lowest BCUT2D eigenvalue weighted by molar-refractivity contribution is -0.883. The summed E-state index contributed by atoms with van der Waals surface area (Å²) in [5, 5.41) is 2.35. The third-order valence-corrected chi connectivity index (χ3v) is 6.51. The number of rotatable bonds is 14. The molecule has 0 amide bonds. The molecule has 0 aliphatic carbocycles. The van der Waals surface area contributed by atoms with Crippen LogP contribution in [0.25, 0.3) is 10.8 Å². The normalized spacial score (nSPS) is 10.3. The number of hydrogen-bond acceptors (Lipinski definition) is 2. The standard InChI is InChI=1S/C34H39NO2/c1-2-3-4-5-6-7-8-9-10-11-12-13-14-15-19-29-24-26-31(27-25-29)34(36)37-35-28-32-22-18-21-30-20-16-17-23-33(30)32/h16-18,20-27,35H,2-12,28H2,1H3/q+1/p+1. The Bertz CT molecular complexity index is 1220. The lowest BCUT2D eigenvalue weighted by Gasteiger charge is -2.02. The maximum Gasteiger partial charge on any atom is 0.669 e. The molecule has 0 saturated heterocycles. The smallest absolute Gasteiger partial charge is 0.0891 e. The van der Waals surface area contributed by atoms with Crippen LogP contribution < -0.4 is 5.48 Å². The Morgan fingerprint density at radius 1 is 0.757 bits per heavy atom. The third kappa shape index (κ3) is 10.5. The fourth-order valence-electron chi connectivity index (χ4n) is 4.35. The molecule has 0 heterocycles. The number of hydroxylamine groups is 1. The van der Waals surface area contributed by atoms with E-state index in [-0.39, 0.29) is 5.97 Å². The largest absolute Gasteiger partial charge is 0.669 e. The van der Waals surface area contributed by atoms with Gasteiger partial charge in [0, 0.05) is 17.5 Å². The van der Waals surface area contributed by atoms with Crippen molar-refractivity contribution in [2.75, 3.05) is 0 Å². The summed E-state index contributed by atoms with van der Waals surface area (Å²) in [7, 11) is 0. The minimum Gasteiger partial charge on any atom is -0.0891 e. The van der Waals surface area contributed by atoms with Gasteiger partial charge in [0.05, 0.1) is 4.79 Å². The summed E-state index contributed by atoms with van der Waals surface area (Å²) >= 11 is 0. The Hall–Kier alpha value is -3.53. The van der Waals surface area contributed by atoms with Gasteiger partial charge in [-0.25, -0.2) is 0 Å². The predicted molar refractivity (Wildman–Crippen MR) is 153 cm³/mol. The van der Waals surface area contributed by atoms with Crippen molar-refractivity contribution in [1.82, 2.24) is 0 Å². The highest BCUT2D eigenvalue weighted by molar-refractivity contribution is 5.89. The van der Waals surface area contributed by atoms with E-state index in [2.05, 4.69) is 54.9 Å². The monoisotopic (exact) mass is 494 g/mol. The van der Waals surface area contributed by atoms with Crippen molar-refractivity contribution in [1.29, 1.82) is 0 Å². The quantitative estimate of drug-likeness (QED) is 0.110. The Labute approximate surface area is 223 Å². The van der Waals surface area contributed by atoms with E-state index >= 15 is 0 Å². The molecule has 3 aromatic rings. The number of unbranched alkanes of at least 4 members (excludes halogenated alkanes) is 10. The van der Waals surface area contributed by atoms with Crippen molar-refractivity contribution < 1.29 is 15.1 Å². The molecule has 1 radical (unpaired) electrons. The molecule has 191 valence electrons. The molecule has 0 atom stereocenters. The van der Waals surface area contributed by atoms with E-state index in [4.69, 9.17) is 4.84 Å². The van der Waals surface area contributed by atoms with Gasteiger partial charge < -0.3 is 0 Å². The van der Waals surface area contributed by atoms with E-state index in [0.29, 0.717) is 12.1 Å². The maximum absolute atomic E-state index is 12.4. The van der Waals surface area contributed by atoms with Gasteiger partial charge in [0.2, 0.25) is 0 Å². The Balaban J connectivity index is 1.31. The average molecular weight is 495 g/mol. The molecule has 0 aliphatic rings. The highest BCUT2D eigenvalue weighted by Gasteiger charge is 2.24. The van der Waals surface area contributed by atoms with Gasteiger partial charge in [0.15, 0.2) is 6.54 Å². The molecule has 0 saturated carbocycles. The minimum absolute atomic E-state index is 0.365. The fourth-order valence-corrected chi connectivity index (χ4v) is 4.35. The van der Waals surface area contributed by atoms with Crippen LogP contribution in [0.2, 0.25) is 0 Å². The molecule has 2 N–H and O–H groups in total. The molecule has 3 heteroatoms. The van der Waals surface area contributed by atoms with Gasteiger partial charge in [-0.05, 0) is 53.3 Å². The van der Waals surface area contributed by atoms with Gasteiger partial charge in [-0.2, -0.15) is 0 Å². The Morgan fingerprint density at radius 2 is 1.43 bits per heavy atom. The number of carbonyl (C=O) groups excluding carboxylic acids is 1. The summed E-state index contributed by atoms with van der Waals surface area (Å²) in [6.07, 6.45) is 14.3. The molecular weight excluding hydrogens is 454 g/mol. The van der Waals surface area contributed by atoms with E-state index in [9.17, 15) is 4.79 Å².